The van der Waals surface area contributed by atoms with Crippen molar-refractivity contribution in [2.75, 3.05) is 17.5 Å². The number of benzene rings is 2. The van der Waals surface area contributed by atoms with E-state index in [1.165, 1.54) is 15.5 Å². The van der Waals surface area contributed by atoms with Crippen molar-refractivity contribution >= 4 is 39.9 Å². The molecule has 2 aromatic carbocycles. The van der Waals surface area contributed by atoms with E-state index in [1.807, 2.05) is 0 Å². The highest BCUT2D eigenvalue weighted by molar-refractivity contribution is 7.81. The molecule has 13 nitrogen and oxygen atoms in total. The highest BCUT2D eigenvalue weighted by atomic mass is 32.2. The number of anilines is 2. The van der Waals surface area contributed by atoms with E-state index in [4.69, 9.17) is 14.6 Å². The van der Waals surface area contributed by atoms with Gasteiger partial charge in [0.25, 0.3) is 11.3 Å². The summed E-state index contributed by atoms with van der Waals surface area (Å²) in [6.45, 7) is 0.721. The van der Waals surface area contributed by atoms with Gasteiger partial charge in [-0.2, -0.15) is 0 Å². The molecule has 202 valence electrons. The third-order valence-electron chi connectivity index (χ3n) is 5.78. The fourth-order valence-electron chi connectivity index (χ4n) is 3.91. The molecule has 0 bridgehead atoms. The van der Waals surface area contributed by atoms with Crippen molar-refractivity contribution in [3.8, 4) is 17.2 Å². The van der Waals surface area contributed by atoms with Crippen LogP contribution in [0.2, 0.25) is 0 Å². The molecular formula is C24H28N6O7S. The molecule has 0 aliphatic carbocycles. The molecule has 38 heavy (non-hydrogen) atoms. The van der Waals surface area contributed by atoms with Crippen LogP contribution in [0, 0.1) is 0 Å². The molecule has 4 aromatic rings. The molecule has 0 aliphatic rings. The minimum atomic E-state index is -2.51. The predicted molar refractivity (Wildman–Crippen MR) is 142 cm³/mol. The smallest absolute Gasteiger partial charge is 0.404 e. The van der Waals surface area contributed by atoms with E-state index in [0.717, 1.165) is 4.31 Å². The van der Waals surface area contributed by atoms with E-state index in [-0.39, 0.29) is 22.9 Å². The van der Waals surface area contributed by atoms with Crippen molar-refractivity contribution in [2.24, 2.45) is 21.1 Å². The number of hydrogen-bond donors (Lipinski definition) is 3. The molecule has 0 aliphatic heterocycles. The van der Waals surface area contributed by atoms with Crippen molar-refractivity contribution in [1.29, 1.82) is 0 Å². The molecule has 0 saturated carbocycles. The lowest BCUT2D eigenvalue weighted by atomic mass is 10.2. The summed E-state index contributed by atoms with van der Waals surface area (Å²) in [5, 5.41) is 10.9. The quantitative estimate of drug-likeness (QED) is 0.192. The van der Waals surface area contributed by atoms with Gasteiger partial charge in [0.1, 0.15) is 17.2 Å². The SMILES string of the molecule is Cn1cnc(N(c2cc3c(cc2Oc2cccc(OCCCCNC(=O)O)c2)n(C)c(=O)n3C)S(=O)O)c1. The summed E-state index contributed by atoms with van der Waals surface area (Å²) in [5.74, 6) is 1.38. The maximum absolute atomic E-state index is 12.6. The van der Waals surface area contributed by atoms with E-state index in [0.29, 0.717) is 48.5 Å². The Morgan fingerprint density at radius 2 is 1.82 bits per heavy atom. The molecule has 1 unspecified atom stereocenters. The summed E-state index contributed by atoms with van der Waals surface area (Å²) in [6, 6.07) is 10.1. The maximum Gasteiger partial charge on any atom is 0.404 e. The van der Waals surface area contributed by atoms with Gasteiger partial charge in [-0.3, -0.25) is 13.7 Å². The number of unbranched alkanes of at least 4 members (excludes halogenated alkanes) is 1. The molecular weight excluding hydrogens is 516 g/mol. The van der Waals surface area contributed by atoms with Gasteiger partial charge in [0.05, 0.1) is 24.0 Å². The molecule has 2 heterocycles. The van der Waals surface area contributed by atoms with Crippen LogP contribution in [0.4, 0.5) is 16.3 Å². The lowest BCUT2D eigenvalue weighted by Gasteiger charge is -2.21. The van der Waals surface area contributed by atoms with Gasteiger partial charge >= 0.3 is 11.8 Å². The molecule has 0 spiro atoms. The van der Waals surface area contributed by atoms with Crippen molar-refractivity contribution in [3.05, 3.63) is 59.4 Å². The Kier molecular flexibility index (Phi) is 8.02. The van der Waals surface area contributed by atoms with Gasteiger partial charge in [-0.1, -0.05) is 6.07 Å². The average Bonchev–Trinajstić information content (AvgIpc) is 3.38. The van der Waals surface area contributed by atoms with E-state index in [1.54, 1.807) is 68.3 Å². The zero-order valence-corrected chi connectivity index (χ0v) is 21.8. The Balaban J connectivity index is 1.66. The fraction of sp³-hybridized carbons (Fsp3) is 0.292. The number of nitrogens with one attached hydrogen (secondary N) is 1. The van der Waals surface area contributed by atoms with E-state index >= 15 is 0 Å². The first-order valence-electron chi connectivity index (χ1n) is 11.6. The second-order valence-corrected chi connectivity index (χ2v) is 9.32. The minimum Gasteiger partial charge on any atom is -0.493 e. The molecule has 14 heteroatoms. The molecule has 2 aromatic heterocycles. The Morgan fingerprint density at radius 3 is 2.47 bits per heavy atom. The molecule has 0 radical (unpaired) electrons. The van der Waals surface area contributed by atoms with Crippen LogP contribution >= 0.6 is 0 Å². The lowest BCUT2D eigenvalue weighted by molar-refractivity contribution is 0.194. The van der Waals surface area contributed by atoms with Crippen LogP contribution in [-0.2, 0) is 32.4 Å². The van der Waals surface area contributed by atoms with Crippen LogP contribution in [0.15, 0.2) is 53.7 Å². The largest absolute Gasteiger partial charge is 0.493 e. The normalized spacial score (nSPS) is 11.9. The van der Waals surface area contributed by atoms with Crippen LogP contribution in [0.5, 0.6) is 17.2 Å². The summed E-state index contributed by atoms with van der Waals surface area (Å²) in [6.07, 6.45) is 3.31. The number of nitrogens with zero attached hydrogens (tertiary/aromatic N) is 5. The Hall–Kier alpha value is -4.30. The van der Waals surface area contributed by atoms with Crippen LogP contribution in [0.1, 0.15) is 12.8 Å². The van der Waals surface area contributed by atoms with Gasteiger partial charge < -0.3 is 24.5 Å². The third kappa shape index (κ3) is 5.81. The van der Waals surface area contributed by atoms with Crippen LogP contribution in [0.3, 0.4) is 0 Å². The Bertz CT molecular complexity index is 1540. The van der Waals surface area contributed by atoms with E-state index in [2.05, 4.69) is 10.3 Å². The number of amides is 1. The Morgan fingerprint density at radius 1 is 1.11 bits per heavy atom. The monoisotopic (exact) mass is 544 g/mol. The van der Waals surface area contributed by atoms with Crippen molar-refractivity contribution in [2.45, 2.75) is 12.8 Å². The first-order chi connectivity index (χ1) is 18.2. The van der Waals surface area contributed by atoms with Gasteiger partial charge in [-0.15, -0.1) is 0 Å². The van der Waals surface area contributed by atoms with E-state index < -0.39 is 17.4 Å². The van der Waals surface area contributed by atoms with Crippen molar-refractivity contribution in [3.63, 3.8) is 0 Å². The first-order valence-corrected chi connectivity index (χ1v) is 12.7. The summed E-state index contributed by atoms with van der Waals surface area (Å²) < 4.78 is 40.3. The zero-order valence-electron chi connectivity index (χ0n) is 21.0. The predicted octanol–water partition coefficient (Wildman–Crippen LogP) is 3.10. The second kappa shape index (κ2) is 11.4. The highest BCUT2D eigenvalue weighted by Crippen LogP contribution is 2.40. The zero-order chi connectivity index (χ0) is 27.4. The minimum absolute atomic E-state index is 0.216. The summed E-state index contributed by atoms with van der Waals surface area (Å²) >= 11 is -2.51. The topological polar surface area (TPSA) is 153 Å². The first kappa shape index (κ1) is 26.8. The van der Waals surface area contributed by atoms with Gasteiger partial charge in [0.2, 0.25) is 0 Å². The van der Waals surface area contributed by atoms with Gasteiger partial charge in [-0.25, -0.2) is 23.1 Å². The number of fused-ring (bicyclic) bond motifs is 1. The number of carbonyl (C=O) groups is 1. The number of aryl methyl sites for hydroxylation is 3. The number of ether oxygens (including phenoxy) is 2. The molecule has 1 amide bonds. The summed E-state index contributed by atoms with van der Waals surface area (Å²) in [7, 11) is 4.99. The highest BCUT2D eigenvalue weighted by Gasteiger charge is 2.25. The number of carboxylic acid groups (broad SMARTS) is 1. The standard InChI is InChI=1S/C24H28N6O7S/c1-27-14-22(26-15-27)30(38(34)35)20-12-18-19(29(3)24(33)28(18)2)13-21(20)37-17-8-6-7-16(11-17)36-10-5-4-9-25-23(31)32/h6-8,11-15,25H,4-5,9-10H2,1-3H3,(H,31,32)(H,34,35). The Labute approximate surface area is 220 Å². The van der Waals surface area contributed by atoms with Gasteiger partial charge in [0.15, 0.2) is 11.6 Å². The number of imidazole rings is 2. The van der Waals surface area contributed by atoms with Gasteiger partial charge in [-0.05, 0) is 31.0 Å². The molecule has 0 fully saturated rings. The lowest BCUT2D eigenvalue weighted by Crippen LogP contribution is -2.22. The van der Waals surface area contributed by atoms with Crippen molar-refractivity contribution in [1.82, 2.24) is 24.0 Å². The van der Waals surface area contributed by atoms with Crippen LogP contribution in [-0.4, -0.2) is 51.8 Å². The fourth-order valence-corrected chi connectivity index (χ4v) is 4.48. The second-order valence-electron chi connectivity index (χ2n) is 8.50. The average molecular weight is 545 g/mol. The maximum atomic E-state index is 12.6. The van der Waals surface area contributed by atoms with E-state index in [9.17, 15) is 18.4 Å². The summed E-state index contributed by atoms with van der Waals surface area (Å²) in [4.78, 5) is 27.3. The molecule has 4 rings (SSSR count). The van der Waals surface area contributed by atoms with Crippen LogP contribution < -0.4 is 24.8 Å². The number of aromatic nitrogens is 4. The number of hydrogen-bond acceptors (Lipinski definition) is 6. The van der Waals surface area contributed by atoms with Crippen LogP contribution in [0.25, 0.3) is 11.0 Å². The third-order valence-corrected chi connectivity index (χ3v) is 6.47. The number of rotatable bonds is 11. The molecule has 3 N–H and O–H groups in total. The summed E-state index contributed by atoms with van der Waals surface area (Å²) in [5.41, 5.74) is 1.09. The van der Waals surface area contributed by atoms with Gasteiger partial charge in [0, 0.05) is 46.0 Å². The molecule has 1 atom stereocenters. The molecule has 0 saturated heterocycles. The van der Waals surface area contributed by atoms with Crippen molar-refractivity contribution < 1.29 is 28.1 Å².